The van der Waals surface area contributed by atoms with E-state index in [4.69, 9.17) is 10.8 Å². The standard InChI is InChI=1S/C11H17NO2/c1-8-4-2-5-9(11(8)14)10(12)6-3-7-13/h2,4-5,10,13-14H,3,6-7,12H2,1H3/t10-/m0/s1. The Morgan fingerprint density at radius 3 is 2.79 bits per heavy atom. The van der Waals surface area contributed by atoms with Crippen LogP contribution in [0, 0.1) is 6.92 Å². The summed E-state index contributed by atoms with van der Waals surface area (Å²) in [4.78, 5) is 0. The Morgan fingerprint density at radius 2 is 2.14 bits per heavy atom. The summed E-state index contributed by atoms with van der Waals surface area (Å²) in [5.41, 5.74) is 7.48. The zero-order valence-electron chi connectivity index (χ0n) is 8.40. The average Bonchev–Trinajstić information content (AvgIpc) is 2.18. The largest absolute Gasteiger partial charge is 0.507 e. The van der Waals surface area contributed by atoms with E-state index in [0.717, 1.165) is 11.1 Å². The normalized spacial score (nSPS) is 12.8. The van der Waals surface area contributed by atoms with Gasteiger partial charge >= 0.3 is 0 Å². The fourth-order valence-electron chi connectivity index (χ4n) is 1.45. The van der Waals surface area contributed by atoms with Crippen molar-refractivity contribution in [1.29, 1.82) is 0 Å². The first kappa shape index (κ1) is 11.0. The maximum absolute atomic E-state index is 9.72. The second-order valence-corrected chi connectivity index (χ2v) is 3.49. The van der Waals surface area contributed by atoms with Gasteiger partial charge in [-0.2, -0.15) is 0 Å². The highest BCUT2D eigenvalue weighted by Gasteiger charge is 2.11. The predicted octanol–water partition coefficient (Wildman–Crippen LogP) is 1.47. The second kappa shape index (κ2) is 4.98. The summed E-state index contributed by atoms with van der Waals surface area (Å²) < 4.78 is 0. The van der Waals surface area contributed by atoms with Crippen molar-refractivity contribution in [3.05, 3.63) is 29.3 Å². The average molecular weight is 195 g/mol. The van der Waals surface area contributed by atoms with Crippen LogP contribution in [-0.4, -0.2) is 16.8 Å². The van der Waals surface area contributed by atoms with Crippen LogP contribution in [0.15, 0.2) is 18.2 Å². The van der Waals surface area contributed by atoms with Gasteiger partial charge in [0.1, 0.15) is 5.75 Å². The number of nitrogens with two attached hydrogens (primary N) is 1. The molecule has 0 fully saturated rings. The third-order valence-corrected chi connectivity index (χ3v) is 2.34. The third kappa shape index (κ3) is 2.47. The lowest BCUT2D eigenvalue weighted by Crippen LogP contribution is -2.11. The molecule has 0 aromatic heterocycles. The third-order valence-electron chi connectivity index (χ3n) is 2.34. The molecule has 0 radical (unpaired) electrons. The number of rotatable bonds is 4. The number of aromatic hydroxyl groups is 1. The van der Waals surface area contributed by atoms with Crippen LogP contribution < -0.4 is 5.73 Å². The van der Waals surface area contributed by atoms with Crippen LogP contribution in [-0.2, 0) is 0 Å². The van der Waals surface area contributed by atoms with E-state index in [0.29, 0.717) is 12.8 Å². The molecule has 0 saturated heterocycles. The van der Waals surface area contributed by atoms with Crippen molar-refractivity contribution in [3.8, 4) is 5.75 Å². The van der Waals surface area contributed by atoms with E-state index in [2.05, 4.69) is 0 Å². The first-order valence-corrected chi connectivity index (χ1v) is 4.81. The van der Waals surface area contributed by atoms with Gasteiger partial charge in [-0.3, -0.25) is 0 Å². The Morgan fingerprint density at radius 1 is 1.43 bits per heavy atom. The van der Waals surface area contributed by atoms with Crippen molar-refractivity contribution in [3.63, 3.8) is 0 Å². The molecule has 0 aliphatic rings. The van der Waals surface area contributed by atoms with Crippen molar-refractivity contribution in [1.82, 2.24) is 0 Å². The first-order valence-electron chi connectivity index (χ1n) is 4.81. The fraction of sp³-hybridized carbons (Fsp3) is 0.455. The smallest absolute Gasteiger partial charge is 0.123 e. The van der Waals surface area contributed by atoms with Gasteiger partial charge in [0.2, 0.25) is 0 Å². The molecule has 3 heteroatoms. The highest BCUT2D eigenvalue weighted by molar-refractivity contribution is 5.41. The molecule has 0 unspecified atom stereocenters. The van der Waals surface area contributed by atoms with Crippen molar-refractivity contribution in [2.75, 3.05) is 6.61 Å². The van der Waals surface area contributed by atoms with E-state index in [1.807, 2.05) is 25.1 Å². The fourth-order valence-corrected chi connectivity index (χ4v) is 1.45. The summed E-state index contributed by atoms with van der Waals surface area (Å²) in [6.07, 6.45) is 1.35. The minimum absolute atomic E-state index is 0.139. The van der Waals surface area contributed by atoms with Crippen LogP contribution in [0.5, 0.6) is 5.75 Å². The Bertz CT molecular complexity index is 299. The quantitative estimate of drug-likeness (QED) is 0.681. The maximum atomic E-state index is 9.72. The lowest BCUT2D eigenvalue weighted by Gasteiger charge is -2.14. The molecule has 0 bridgehead atoms. The van der Waals surface area contributed by atoms with Gasteiger partial charge in [0.25, 0.3) is 0 Å². The molecule has 0 spiro atoms. The summed E-state index contributed by atoms with van der Waals surface area (Å²) in [6, 6.07) is 5.35. The Hall–Kier alpha value is -1.06. The van der Waals surface area contributed by atoms with Crippen LogP contribution >= 0.6 is 0 Å². The molecule has 14 heavy (non-hydrogen) atoms. The minimum atomic E-state index is -0.193. The molecule has 3 nitrogen and oxygen atoms in total. The molecule has 1 rings (SSSR count). The van der Waals surface area contributed by atoms with Crippen molar-refractivity contribution >= 4 is 0 Å². The van der Waals surface area contributed by atoms with Crippen LogP contribution in [0.2, 0.25) is 0 Å². The second-order valence-electron chi connectivity index (χ2n) is 3.49. The number of benzene rings is 1. The molecule has 0 aliphatic heterocycles. The number of aliphatic hydroxyl groups is 1. The Balaban J connectivity index is 2.79. The Labute approximate surface area is 84.2 Å². The molecule has 0 amide bonds. The van der Waals surface area contributed by atoms with Gasteiger partial charge in [-0.15, -0.1) is 0 Å². The van der Waals surface area contributed by atoms with Gasteiger partial charge in [-0.05, 0) is 25.3 Å². The van der Waals surface area contributed by atoms with Gasteiger partial charge in [-0.25, -0.2) is 0 Å². The summed E-state index contributed by atoms with van der Waals surface area (Å²) >= 11 is 0. The van der Waals surface area contributed by atoms with Crippen molar-refractivity contribution < 1.29 is 10.2 Å². The predicted molar refractivity (Wildman–Crippen MR) is 56.1 cm³/mol. The summed E-state index contributed by atoms with van der Waals surface area (Å²) in [5, 5.41) is 18.4. The molecule has 0 heterocycles. The number of para-hydroxylation sites is 1. The monoisotopic (exact) mass is 195 g/mol. The molecular weight excluding hydrogens is 178 g/mol. The highest BCUT2D eigenvalue weighted by Crippen LogP contribution is 2.28. The molecule has 0 saturated carbocycles. The van der Waals surface area contributed by atoms with Crippen LogP contribution in [0.25, 0.3) is 0 Å². The van der Waals surface area contributed by atoms with Crippen LogP contribution in [0.4, 0.5) is 0 Å². The Kier molecular flexibility index (Phi) is 3.92. The molecule has 1 aromatic carbocycles. The molecule has 1 atom stereocenters. The molecule has 4 N–H and O–H groups in total. The van der Waals surface area contributed by atoms with E-state index in [-0.39, 0.29) is 18.4 Å². The lowest BCUT2D eigenvalue weighted by atomic mass is 10.00. The van der Waals surface area contributed by atoms with Crippen molar-refractivity contribution in [2.45, 2.75) is 25.8 Å². The number of aryl methyl sites for hydroxylation is 1. The SMILES string of the molecule is Cc1cccc([C@@H](N)CCCO)c1O. The maximum Gasteiger partial charge on any atom is 0.123 e. The molecule has 78 valence electrons. The zero-order chi connectivity index (χ0) is 10.6. The summed E-state index contributed by atoms with van der Waals surface area (Å²) in [6.45, 7) is 1.98. The van der Waals surface area contributed by atoms with Gasteiger partial charge < -0.3 is 15.9 Å². The lowest BCUT2D eigenvalue weighted by molar-refractivity contribution is 0.279. The molecular formula is C11H17NO2. The number of aliphatic hydroxyl groups excluding tert-OH is 1. The number of hydrogen-bond donors (Lipinski definition) is 3. The van der Waals surface area contributed by atoms with Crippen molar-refractivity contribution in [2.24, 2.45) is 5.73 Å². The van der Waals surface area contributed by atoms with Gasteiger partial charge in [0.05, 0.1) is 0 Å². The highest BCUT2D eigenvalue weighted by atomic mass is 16.3. The van der Waals surface area contributed by atoms with E-state index in [1.54, 1.807) is 0 Å². The first-order chi connectivity index (χ1) is 6.66. The van der Waals surface area contributed by atoms with E-state index < -0.39 is 0 Å². The summed E-state index contributed by atoms with van der Waals surface area (Å²) in [7, 11) is 0. The zero-order valence-corrected chi connectivity index (χ0v) is 8.40. The number of phenolic OH excluding ortho intramolecular Hbond substituents is 1. The van der Waals surface area contributed by atoms with Crippen LogP contribution in [0.1, 0.15) is 30.0 Å². The van der Waals surface area contributed by atoms with Crippen LogP contribution in [0.3, 0.4) is 0 Å². The summed E-state index contributed by atoms with van der Waals surface area (Å²) in [5.74, 6) is 0.276. The number of phenols is 1. The van der Waals surface area contributed by atoms with Gasteiger partial charge in [0.15, 0.2) is 0 Å². The number of hydrogen-bond acceptors (Lipinski definition) is 3. The van der Waals surface area contributed by atoms with E-state index in [9.17, 15) is 5.11 Å². The topological polar surface area (TPSA) is 66.5 Å². The van der Waals surface area contributed by atoms with Gasteiger partial charge in [0, 0.05) is 18.2 Å². The molecule has 1 aromatic rings. The minimum Gasteiger partial charge on any atom is -0.507 e. The van der Waals surface area contributed by atoms with E-state index >= 15 is 0 Å². The molecule has 0 aliphatic carbocycles. The van der Waals surface area contributed by atoms with Gasteiger partial charge in [-0.1, -0.05) is 18.2 Å². The van der Waals surface area contributed by atoms with E-state index in [1.165, 1.54) is 0 Å².